The van der Waals surface area contributed by atoms with Crippen LogP contribution in [0.4, 0.5) is 0 Å². The van der Waals surface area contributed by atoms with Crippen molar-refractivity contribution in [1.82, 2.24) is 15.5 Å². The van der Waals surface area contributed by atoms with E-state index in [-0.39, 0.29) is 19.1 Å². The van der Waals surface area contributed by atoms with Gasteiger partial charge in [-0.2, -0.15) is 10.2 Å². The molecule has 0 spiro atoms. The molecule has 0 aliphatic rings. The summed E-state index contributed by atoms with van der Waals surface area (Å²) in [5.74, 6) is -0.169. The van der Waals surface area contributed by atoms with Gasteiger partial charge in [-0.1, -0.05) is 6.92 Å². The second kappa shape index (κ2) is 7.73. The fraction of sp³-hybridized carbons (Fsp3) is 0.583. The molecule has 6 nitrogen and oxygen atoms in total. The second-order valence-corrected chi connectivity index (χ2v) is 3.79. The molecule has 0 aliphatic heterocycles. The molecule has 2 N–H and O–H groups in total. The first kappa shape index (κ1) is 14.5. The minimum Gasteiger partial charge on any atom is -0.394 e. The zero-order chi connectivity index (χ0) is 13.4. The van der Waals surface area contributed by atoms with Gasteiger partial charge in [-0.05, 0) is 19.4 Å². The Morgan fingerprint density at radius 2 is 2.22 bits per heavy atom. The summed E-state index contributed by atoms with van der Waals surface area (Å²) in [6, 6.07) is 1.73. The van der Waals surface area contributed by atoms with Crippen LogP contribution in [0.15, 0.2) is 6.07 Å². The van der Waals surface area contributed by atoms with Crippen LogP contribution in [0.2, 0.25) is 0 Å². The Hall–Kier alpha value is -1.53. The highest BCUT2D eigenvalue weighted by molar-refractivity contribution is 5.95. The molecular formula is C12H19N3O3. The standard InChI is InChI=1S/C12H19N3O3/c1-3-11-10(8-9(2)14-15-11)12(17)13-4-6-18-7-5-16/h8,16H,3-7H2,1-2H3,(H,13,17). The van der Waals surface area contributed by atoms with Crippen LogP contribution in [0, 0.1) is 6.92 Å². The highest BCUT2D eigenvalue weighted by Gasteiger charge is 2.12. The molecule has 0 aromatic carbocycles. The van der Waals surface area contributed by atoms with Gasteiger partial charge in [-0.25, -0.2) is 0 Å². The van der Waals surface area contributed by atoms with E-state index in [0.717, 1.165) is 0 Å². The Kier molecular flexibility index (Phi) is 6.24. The van der Waals surface area contributed by atoms with Crippen LogP contribution in [0.1, 0.15) is 28.7 Å². The van der Waals surface area contributed by atoms with Gasteiger partial charge in [-0.3, -0.25) is 4.79 Å². The first-order valence-corrected chi connectivity index (χ1v) is 5.99. The monoisotopic (exact) mass is 253 g/mol. The molecular weight excluding hydrogens is 234 g/mol. The highest BCUT2D eigenvalue weighted by Crippen LogP contribution is 2.07. The zero-order valence-electron chi connectivity index (χ0n) is 10.8. The van der Waals surface area contributed by atoms with Gasteiger partial charge < -0.3 is 15.2 Å². The van der Waals surface area contributed by atoms with E-state index in [2.05, 4.69) is 15.5 Å². The SMILES string of the molecule is CCc1nnc(C)cc1C(=O)NCCOCCO. The summed E-state index contributed by atoms with van der Waals surface area (Å²) in [5.41, 5.74) is 1.97. The summed E-state index contributed by atoms with van der Waals surface area (Å²) in [6.07, 6.45) is 0.664. The smallest absolute Gasteiger partial charge is 0.253 e. The van der Waals surface area contributed by atoms with Crippen LogP contribution in [-0.4, -0.2) is 47.6 Å². The fourth-order valence-electron chi connectivity index (χ4n) is 1.47. The quantitative estimate of drug-likeness (QED) is 0.673. The largest absolute Gasteiger partial charge is 0.394 e. The molecule has 0 aliphatic carbocycles. The minimum atomic E-state index is -0.169. The lowest BCUT2D eigenvalue weighted by Gasteiger charge is -2.08. The van der Waals surface area contributed by atoms with E-state index in [1.165, 1.54) is 0 Å². The van der Waals surface area contributed by atoms with E-state index in [1.807, 2.05) is 6.92 Å². The van der Waals surface area contributed by atoms with Crippen molar-refractivity contribution >= 4 is 5.91 Å². The van der Waals surface area contributed by atoms with Crippen LogP contribution in [0.3, 0.4) is 0 Å². The first-order valence-electron chi connectivity index (χ1n) is 5.99. The molecule has 0 saturated heterocycles. The van der Waals surface area contributed by atoms with Gasteiger partial charge in [0.15, 0.2) is 0 Å². The number of aliphatic hydroxyl groups is 1. The predicted molar refractivity (Wildman–Crippen MR) is 66.4 cm³/mol. The van der Waals surface area contributed by atoms with E-state index in [0.29, 0.717) is 36.5 Å². The molecule has 1 aromatic heterocycles. The Morgan fingerprint density at radius 1 is 1.44 bits per heavy atom. The Bertz CT molecular complexity index is 396. The van der Waals surface area contributed by atoms with Crippen LogP contribution in [-0.2, 0) is 11.2 Å². The number of aromatic nitrogens is 2. The van der Waals surface area contributed by atoms with Gasteiger partial charge in [-0.15, -0.1) is 0 Å². The van der Waals surface area contributed by atoms with E-state index in [9.17, 15) is 4.79 Å². The fourth-order valence-corrected chi connectivity index (χ4v) is 1.47. The molecule has 18 heavy (non-hydrogen) atoms. The number of hydrogen-bond acceptors (Lipinski definition) is 5. The number of carbonyl (C=O) groups excluding carboxylic acids is 1. The minimum absolute atomic E-state index is 0.0125. The molecule has 1 aromatic rings. The maximum atomic E-state index is 11.9. The van der Waals surface area contributed by atoms with Crippen LogP contribution < -0.4 is 5.32 Å². The highest BCUT2D eigenvalue weighted by atomic mass is 16.5. The maximum absolute atomic E-state index is 11.9. The zero-order valence-corrected chi connectivity index (χ0v) is 10.8. The van der Waals surface area contributed by atoms with Gasteiger partial charge in [0.2, 0.25) is 0 Å². The number of nitrogens with zero attached hydrogens (tertiary/aromatic N) is 2. The Labute approximate surface area is 106 Å². The van der Waals surface area contributed by atoms with Crippen LogP contribution in [0.5, 0.6) is 0 Å². The van der Waals surface area contributed by atoms with Gasteiger partial charge in [0.05, 0.1) is 36.8 Å². The maximum Gasteiger partial charge on any atom is 0.253 e. The molecule has 0 bridgehead atoms. The number of aryl methyl sites for hydroxylation is 2. The van der Waals surface area contributed by atoms with E-state index in [4.69, 9.17) is 9.84 Å². The number of rotatable bonds is 7. The lowest BCUT2D eigenvalue weighted by atomic mass is 10.1. The average molecular weight is 253 g/mol. The van der Waals surface area contributed by atoms with Crippen molar-refractivity contribution in [3.63, 3.8) is 0 Å². The van der Waals surface area contributed by atoms with Gasteiger partial charge in [0.1, 0.15) is 0 Å². The Morgan fingerprint density at radius 3 is 2.89 bits per heavy atom. The molecule has 1 heterocycles. The van der Waals surface area contributed by atoms with Gasteiger partial charge in [0, 0.05) is 6.54 Å². The molecule has 0 radical (unpaired) electrons. The van der Waals surface area contributed by atoms with Crippen molar-refractivity contribution in [3.05, 3.63) is 23.0 Å². The van der Waals surface area contributed by atoms with Crippen LogP contribution in [0.25, 0.3) is 0 Å². The summed E-state index contributed by atoms with van der Waals surface area (Å²) in [4.78, 5) is 11.9. The number of ether oxygens (including phenoxy) is 1. The van der Waals surface area contributed by atoms with Crippen molar-refractivity contribution in [2.75, 3.05) is 26.4 Å². The summed E-state index contributed by atoms with van der Waals surface area (Å²) in [6.45, 7) is 4.79. The van der Waals surface area contributed by atoms with Crippen molar-refractivity contribution in [1.29, 1.82) is 0 Å². The molecule has 100 valence electrons. The van der Waals surface area contributed by atoms with Gasteiger partial charge in [0.25, 0.3) is 5.91 Å². The van der Waals surface area contributed by atoms with Crippen molar-refractivity contribution in [2.24, 2.45) is 0 Å². The number of aliphatic hydroxyl groups excluding tert-OH is 1. The predicted octanol–water partition coefficient (Wildman–Crippen LogP) is 0.0861. The topological polar surface area (TPSA) is 84.3 Å². The normalized spacial score (nSPS) is 10.4. The lowest BCUT2D eigenvalue weighted by molar-refractivity contribution is 0.0837. The number of amides is 1. The molecule has 6 heteroatoms. The summed E-state index contributed by atoms with van der Waals surface area (Å²) in [7, 11) is 0. The summed E-state index contributed by atoms with van der Waals surface area (Å²) in [5, 5.41) is 19.2. The van der Waals surface area contributed by atoms with Crippen molar-refractivity contribution < 1.29 is 14.6 Å². The molecule has 0 fully saturated rings. The lowest BCUT2D eigenvalue weighted by Crippen LogP contribution is -2.29. The molecule has 0 atom stereocenters. The third kappa shape index (κ3) is 4.38. The average Bonchev–Trinajstić information content (AvgIpc) is 2.38. The summed E-state index contributed by atoms with van der Waals surface area (Å²) >= 11 is 0. The number of nitrogens with one attached hydrogen (secondary N) is 1. The Balaban J connectivity index is 2.52. The number of carbonyl (C=O) groups is 1. The van der Waals surface area contributed by atoms with Crippen LogP contribution >= 0.6 is 0 Å². The molecule has 1 amide bonds. The molecule has 0 unspecified atom stereocenters. The first-order chi connectivity index (χ1) is 8.69. The van der Waals surface area contributed by atoms with E-state index >= 15 is 0 Å². The van der Waals surface area contributed by atoms with E-state index < -0.39 is 0 Å². The van der Waals surface area contributed by atoms with Gasteiger partial charge >= 0.3 is 0 Å². The summed E-state index contributed by atoms with van der Waals surface area (Å²) < 4.78 is 5.06. The molecule has 1 rings (SSSR count). The molecule has 0 saturated carbocycles. The van der Waals surface area contributed by atoms with Crippen molar-refractivity contribution in [3.8, 4) is 0 Å². The second-order valence-electron chi connectivity index (χ2n) is 3.79. The number of hydrogen-bond donors (Lipinski definition) is 2. The van der Waals surface area contributed by atoms with E-state index in [1.54, 1.807) is 13.0 Å². The van der Waals surface area contributed by atoms with Crippen molar-refractivity contribution in [2.45, 2.75) is 20.3 Å². The third-order valence-electron chi connectivity index (χ3n) is 2.34. The third-order valence-corrected chi connectivity index (χ3v) is 2.34.